The van der Waals surface area contributed by atoms with Crippen molar-refractivity contribution in [1.82, 2.24) is 4.98 Å². The molecule has 3 rings (SSSR count). The van der Waals surface area contributed by atoms with E-state index < -0.39 is 0 Å². The number of hydrazine groups is 1. The first-order chi connectivity index (χ1) is 10.2. The Kier molecular flexibility index (Phi) is 3.74. The minimum atomic E-state index is -0.187. The number of nitrogens with one attached hydrogen (secondary N) is 2. The van der Waals surface area contributed by atoms with E-state index in [0.29, 0.717) is 21.4 Å². The lowest BCUT2D eigenvalue weighted by Gasteiger charge is -2.05. The van der Waals surface area contributed by atoms with Gasteiger partial charge in [0.25, 0.3) is 5.91 Å². The number of carbonyl (C=O) groups is 1. The zero-order chi connectivity index (χ0) is 14.8. The highest BCUT2D eigenvalue weighted by atomic mass is 35.5. The average molecular weight is 319 g/mol. The molecule has 0 aliphatic rings. The first-order valence-electron chi connectivity index (χ1n) is 6.10. The summed E-state index contributed by atoms with van der Waals surface area (Å²) in [6.07, 6.45) is 0. The van der Waals surface area contributed by atoms with E-state index >= 15 is 0 Å². The van der Waals surface area contributed by atoms with Crippen LogP contribution in [0.5, 0.6) is 0 Å². The van der Waals surface area contributed by atoms with Crippen LogP contribution in [-0.4, -0.2) is 10.9 Å². The SMILES string of the molecule is NNc1nc2ccc(NC(=O)c3ccc(Cl)cc3)cc2s1. The second-order valence-corrected chi connectivity index (χ2v) is 5.77. The number of aromatic nitrogens is 1. The molecular formula is C14H11ClN4OS. The summed E-state index contributed by atoms with van der Waals surface area (Å²) in [7, 11) is 0. The molecule has 4 N–H and O–H groups in total. The molecule has 106 valence electrons. The van der Waals surface area contributed by atoms with Crippen molar-refractivity contribution in [1.29, 1.82) is 0 Å². The summed E-state index contributed by atoms with van der Waals surface area (Å²) in [5.41, 5.74) is 4.60. The minimum absolute atomic E-state index is 0.187. The monoisotopic (exact) mass is 318 g/mol. The molecule has 0 radical (unpaired) electrons. The van der Waals surface area contributed by atoms with Gasteiger partial charge in [-0.2, -0.15) is 0 Å². The molecule has 7 heteroatoms. The van der Waals surface area contributed by atoms with Crippen LogP contribution in [-0.2, 0) is 0 Å². The van der Waals surface area contributed by atoms with E-state index in [-0.39, 0.29) is 5.91 Å². The smallest absolute Gasteiger partial charge is 0.255 e. The van der Waals surface area contributed by atoms with Gasteiger partial charge in [0, 0.05) is 16.3 Å². The van der Waals surface area contributed by atoms with Gasteiger partial charge in [0.1, 0.15) is 0 Å². The lowest BCUT2D eigenvalue weighted by atomic mass is 10.2. The van der Waals surface area contributed by atoms with Gasteiger partial charge in [-0.3, -0.25) is 10.2 Å². The molecule has 5 nitrogen and oxygen atoms in total. The van der Waals surface area contributed by atoms with E-state index in [9.17, 15) is 4.79 Å². The lowest BCUT2D eigenvalue weighted by Crippen LogP contribution is -2.11. The number of thiazole rings is 1. The number of amides is 1. The predicted molar refractivity (Wildman–Crippen MR) is 86.8 cm³/mol. The van der Waals surface area contributed by atoms with Crippen LogP contribution in [0.15, 0.2) is 42.5 Å². The second-order valence-electron chi connectivity index (χ2n) is 4.31. The first kappa shape index (κ1) is 13.8. The Morgan fingerprint density at radius 2 is 1.95 bits per heavy atom. The number of rotatable bonds is 3. The van der Waals surface area contributed by atoms with Gasteiger partial charge in [-0.05, 0) is 42.5 Å². The highest BCUT2D eigenvalue weighted by molar-refractivity contribution is 7.22. The molecule has 0 unspecified atom stereocenters. The van der Waals surface area contributed by atoms with E-state index in [1.165, 1.54) is 11.3 Å². The van der Waals surface area contributed by atoms with Crippen molar-refractivity contribution in [2.45, 2.75) is 0 Å². The van der Waals surface area contributed by atoms with Crippen LogP contribution in [0.25, 0.3) is 10.2 Å². The van der Waals surface area contributed by atoms with Gasteiger partial charge in [0.2, 0.25) is 0 Å². The second kappa shape index (κ2) is 5.69. The Morgan fingerprint density at radius 3 is 2.67 bits per heavy atom. The van der Waals surface area contributed by atoms with Crippen LogP contribution in [0.4, 0.5) is 10.8 Å². The summed E-state index contributed by atoms with van der Waals surface area (Å²) in [6.45, 7) is 0. The van der Waals surface area contributed by atoms with Crippen molar-refractivity contribution in [3.63, 3.8) is 0 Å². The van der Waals surface area contributed by atoms with Gasteiger partial charge < -0.3 is 5.32 Å². The van der Waals surface area contributed by atoms with Crippen LogP contribution in [0.1, 0.15) is 10.4 Å². The van der Waals surface area contributed by atoms with Gasteiger partial charge in [-0.1, -0.05) is 22.9 Å². The third-order valence-corrected chi connectivity index (χ3v) is 4.08. The van der Waals surface area contributed by atoms with Crippen molar-refractivity contribution >= 4 is 49.9 Å². The first-order valence-corrected chi connectivity index (χ1v) is 7.29. The van der Waals surface area contributed by atoms with E-state index in [4.69, 9.17) is 17.4 Å². The van der Waals surface area contributed by atoms with Crippen LogP contribution < -0.4 is 16.6 Å². The largest absolute Gasteiger partial charge is 0.322 e. The van der Waals surface area contributed by atoms with E-state index in [0.717, 1.165) is 10.2 Å². The predicted octanol–water partition coefficient (Wildman–Crippen LogP) is 3.49. The Morgan fingerprint density at radius 1 is 1.19 bits per heavy atom. The fraction of sp³-hybridized carbons (Fsp3) is 0. The van der Waals surface area contributed by atoms with Crippen molar-refractivity contribution in [3.05, 3.63) is 53.1 Å². The van der Waals surface area contributed by atoms with Crippen molar-refractivity contribution in [2.75, 3.05) is 10.7 Å². The summed E-state index contributed by atoms with van der Waals surface area (Å²) in [4.78, 5) is 16.4. The Bertz CT molecular complexity index is 800. The highest BCUT2D eigenvalue weighted by Crippen LogP contribution is 2.28. The summed E-state index contributed by atoms with van der Waals surface area (Å²) in [6, 6.07) is 12.2. The third kappa shape index (κ3) is 2.97. The number of nitrogen functional groups attached to an aromatic ring is 1. The molecule has 21 heavy (non-hydrogen) atoms. The number of halogens is 1. The quantitative estimate of drug-likeness (QED) is 0.510. The molecule has 0 aliphatic heterocycles. The summed E-state index contributed by atoms with van der Waals surface area (Å²) in [5.74, 6) is 5.15. The van der Waals surface area contributed by atoms with Gasteiger partial charge in [0.15, 0.2) is 5.13 Å². The number of nitrogens with zero attached hydrogens (tertiary/aromatic N) is 1. The Balaban J connectivity index is 1.83. The number of fused-ring (bicyclic) bond motifs is 1. The topological polar surface area (TPSA) is 80.0 Å². The average Bonchev–Trinajstić information content (AvgIpc) is 2.90. The fourth-order valence-electron chi connectivity index (χ4n) is 1.87. The molecule has 3 aromatic rings. The molecule has 0 saturated carbocycles. The zero-order valence-electron chi connectivity index (χ0n) is 10.8. The maximum absolute atomic E-state index is 12.1. The number of anilines is 2. The molecule has 0 spiro atoms. The zero-order valence-corrected chi connectivity index (χ0v) is 12.3. The molecule has 1 amide bonds. The number of benzene rings is 2. The third-order valence-electron chi connectivity index (χ3n) is 2.88. The molecule has 0 saturated heterocycles. The maximum atomic E-state index is 12.1. The van der Waals surface area contributed by atoms with E-state index in [1.807, 2.05) is 12.1 Å². The lowest BCUT2D eigenvalue weighted by molar-refractivity contribution is 0.102. The van der Waals surface area contributed by atoms with E-state index in [1.54, 1.807) is 30.3 Å². The van der Waals surface area contributed by atoms with Crippen LogP contribution in [0.3, 0.4) is 0 Å². The number of carbonyl (C=O) groups excluding carboxylic acids is 1. The van der Waals surface area contributed by atoms with Gasteiger partial charge >= 0.3 is 0 Å². The summed E-state index contributed by atoms with van der Waals surface area (Å²) >= 11 is 7.22. The number of nitrogens with two attached hydrogens (primary N) is 1. The molecule has 1 aromatic heterocycles. The molecule has 1 heterocycles. The highest BCUT2D eigenvalue weighted by Gasteiger charge is 2.08. The van der Waals surface area contributed by atoms with Gasteiger partial charge in [0.05, 0.1) is 10.2 Å². The molecule has 0 bridgehead atoms. The van der Waals surface area contributed by atoms with Crippen LogP contribution >= 0.6 is 22.9 Å². The fourth-order valence-corrected chi connectivity index (χ4v) is 2.81. The number of hydrogen-bond acceptors (Lipinski definition) is 5. The van der Waals surface area contributed by atoms with Crippen molar-refractivity contribution in [3.8, 4) is 0 Å². The van der Waals surface area contributed by atoms with E-state index in [2.05, 4.69) is 15.7 Å². The van der Waals surface area contributed by atoms with Gasteiger partial charge in [-0.25, -0.2) is 10.8 Å². The molecule has 0 atom stereocenters. The number of hydrogen-bond donors (Lipinski definition) is 3. The van der Waals surface area contributed by atoms with Crippen LogP contribution in [0.2, 0.25) is 5.02 Å². The summed E-state index contributed by atoms with van der Waals surface area (Å²) in [5, 5.41) is 4.07. The molecule has 0 aliphatic carbocycles. The maximum Gasteiger partial charge on any atom is 0.255 e. The minimum Gasteiger partial charge on any atom is -0.322 e. The Labute approximate surface area is 129 Å². The van der Waals surface area contributed by atoms with Crippen molar-refractivity contribution in [2.24, 2.45) is 5.84 Å². The molecule has 2 aromatic carbocycles. The van der Waals surface area contributed by atoms with Gasteiger partial charge in [-0.15, -0.1) is 0 Å². The normalized spacial score (nSPS) is 10.6. The standard InChI is InChI=1S/C14H11ClN4OS/c15-9-3-1-8(2-4-9)13(20)17-10-5-6-11-12(7-10)21-14(18-11)19-16/h1-7H,16H2,(H,17,20)(H,18,19). The Hall–Kier alpha value is -2.15. The summed E-state index contributed by atoms with van der Waals surface area (Å²) < 4.78 is 0.942. The van der Waals surface area contributed by atoms with Crippen molar-refractivity contribution < 1.29 is 4.79 Å². The van der Waals surface area contributed by atoms with Crippen LogP contribution in [0, 0.1) is 0 Å². The molecular weight excluding hydrogens is 308 g/mol. The molecule has 0 fully saturated rings.